The van der Waals surface area contributed by atoms with Crippen molar-refractivity contribution in [3.05, 3.63) is 0 Å². The topological polar surface area (TPSA) is 65.1 Å². The Kier molecular flexibility index (Phi) is 22.8. The number of carbonyl (C=O) groups excluding carboxylic acids is 2. The second kappa shape index (κ2) is 25.9. The van der Waals surface area contributed by atoms with Crippen LogP contribution >= 0.6 is 0 Å². The molecule has 1 atom stereocenters. The molecule has 2 aliphatic rings. The van der Waals surface area contributed by atoms with E-state index in [0.29, 0.717) is 13.2 Å². The molecule has 43 heavy (non-hydrogen) atoms. The molecule has 0 radical (unpaired) electrons. The summed E-state index contributed by atoms with van der Waals surface area (Å²) in [5.74, 6) is 0.839. The number of carbonyl (C=O) groups is 2. The van der Waals surface area contributed by atoms with Crippen molar-refractivity contribution in [1.82, 2.24) is 20.2 Å². The summed E-state index contributed by atoms with van der Waals surface area (Å²) in [6.45, 7) is 10.7. The number of hydrogen-bond acceptors (Lipinski definition) is 4. The van der Waals surface area contributed by atoms with E-state index in [-0.39, 0.29) is 12.1 Å². The summed E-state index contributed by atoms with van der Waals surface area (Å²) < 4.78 is 0. The molecule has 0 aromatic rings. The Balaban J connectivity index is 1.44. The molecule has 1 N–H and O–H groups in total. The average molecular weight is 607 g/mol. The maximum Gasteiger partial charge on any atom is 0.317 e. The molecule has 0 bridgehead atoms. The molecule has 3 amide bonds. The molecule has 2 heterocycles. The number of rotatable bonds is 26. The summed E-state index contributed by atoms with van der Waals surface area (Å²) in [7, 11) is 0. The van der Waals surface area contributed by atoms with Crippen LogP contribution in [0.5, 0.6) is 0 Å². The van der Waals surface area contributed by atoms with E-state index in [9.17, 15) is 9.59 Å². The highest BCUT2D eigenvalue weighted by molar-refractivity contribution is 5.74. The quantitative estimate of drug-likeness (QED) is 0.0608. The molecule has 0 aromatic carbocycles. The van der Waals surface area contributed by atoms with Gasteiger partial charge in [-0.15, -0.1) is 0 Å². The van der Waals surface area contributed by atoms with Crippen LogP contribution in [0.4, 0.5) is 4.79 Å². The monoisotopic (exact) mass is 607 g/mol. The van der Waals surface area contributed by atoms with Crippen molar-refractivity contribution in [2.45, 2.75) is 168 Å². The van der Waals surface area contributed by atoms with Crippen molar-refractivity contribution >= 4 is 12.4 Å². The fourth-order valence-electron chi connectivity index (χ4n) is 6.73. The van der Waals surface area contributed by atoms with Crippen LogP contribution in [0.3, 0.4) is 0 Å². The zero-order valence-corrected chi connectivity index (χ0v) is 28.5. The number of hydroxylamine groups is 2. The molecule has 2 aliphatic heterocycles. The van der Waals surface area contributed by atoms with E-state index >= 15 is 0 Å². The molecule has 2 rings (SSSR count). The highest BCUT2D eigenvalue weighted by atomic mass is 16.7. The maximum atomic E-state index is 12.9. The molecule has 1 unspecified atom stereocenters. The Morgan fingerprint density at radius 1 is 0.791 bits per heavy atom. The zero-order chi connectivity index (χ0) is 30.8. The SMILES string of the molecule is CCCCCCCCCCCCCCCCCCNC(=O)N1CCCCC1CCON(C=O)CCCN1CCC(C)CC1. The summed E-state index contributed by atoms with van der Waals surface area (Å²) in [4.78, 5) is 34.8. The first kappa shape index (κ1) is 37.8. The predicted octanol–water partition coefficient (Wildman–Crippen LogP) is 8.71. The molecular weight excluding hydrogens is 536 g/mol. The molecule has 2 fully saturated rings. The third-order valence-electron chi connectivity index (χ3n) is 9.75. The second-order valence-electron chi connectivity index (χ2n) is 13.6. The molecule has 0 aromatic heterocycles. The summed E-state index contributed by atoms with van der Waals surface area (Å²) in [6.07, 6.45) is 30.1. The predicted molar refractivity (Wildman–Crippen MR) is 180 cm³/mol. The average Bonchev–Trinajstić information content (AvgIpc) is 3.02. The van der Waals surface area contributed by atoms with Crippen LogP contribution in [-0.4, -0.2) is 79.2 Å². The van der Waals surface area contributed by atoms with Gasteiger partial charge in [-0.3, -0.25) is 9.63 Å². The third kappa shape index (κ3) is 18.9. The van der Waals surface area contributed by atoms with Gasteiger partial charge in [-0.1, -0.05) is 110 Å². The van der Waals surface area contributed by atoms with Crippen molar-refractivity contribution in [3.63, 3.8) is 0 Å². The van der Waals surface area contributed by atoms with E-state index in [2.05, 4.69) is 24.1 Å². The number of likely N-dealkylation sites (tertiary alicyclic amines) is 2. The number of unbranched alkanes of at least 4 members (excludes halogenated alkanes) is 15. The van der Waals surface area contributed by atoms with E-state index in [1.165, 1.54) is 127 Å². The van der Waals surface area contributed by atoms with Gasteiger partial charge in [0.1, 0.15) is 0 Å². The molecule has 0 spiro atoms. The van der Waals surface area contributed by atoms with Crippen molar-refractivity contribution in [2.24, 2.45) is 5.92 Å². The van der Waals surface area contributed by atoms with Gasteiger partial charge in [0.15, 0.2) is 0 Å². The van der Waals surface area contributed by atoms with Crippen LogP contribution in [0, 0.1) is 5.92 Å². The highest BCUT2D eigenvalue weighted by Gasteiger charge is 2.26. The number of nitrogens with zero attached hydrogens (tertiary/aromatic N) is 3. The van der Waals surface area contributed by atoms with Crippen molar-refractivity contribution in [3.8, 4) is 0 Å². The van der Waals surface area contributed by atoms with Gasteiger partial charge >= 0.3 is 6.03 Å². The Morgan fingerprint density at radius 3 is 1.95 bits per heavy atom. The summed E-state index contributed by atoms with van der Waals surface area (Å²) in [6, 6.07) is 0.275. The number of urea groups is 1. The highest BCUT2D eigenvalue weighted by Crippen LogP contribution is 2.20. The lowest BCUT2D eigenvalue weighted by molar-refractivity contribution is -0.174. The van der Waals surface area contributed by atoms with Gasteiger partial charge in [0, 0.05) is 25.7 Å². The fourth-order valence-corrected chi connectivity index (χ4v) is 6.73. The normalized spacial score (nSPS) is 18.2. The van der Waals surface area contributed by atoms with Gasteiger partial charge in [-0.05, 0) is 76.9 Å². The number of amides is 3. The first-order chi connectivity index (χ1) is 21.1. The van der Waals surface area contributed by atoms with Crippen LogP contribution in [0.2, 0.25) is 0 Å². The summed E-state index contributed by atoms with van der Waals surface area (Å²) in [5, 5.41) is 4.63. The van der Waals surface area contributed by atoms with E-state index in [1.807, 2.05) is 4.90 Å². The Morgan fingerprint density at radius 2 is 1.37 bits per heavy atom. The first-order valence-corrected chi connectivity index (χ1v) is 18.8. The zero-order valence-electron chi connectivity index (χ0n) is 28.5. The Hall–Kier alpha value is -1.34. The van der Waals surface area contributed by atoms with Crippen LogP contribution in [0.1, 0.15) is 162 Å². The van der Waals surface area contributed by atoms with Crippen LogP contribution in [0.15, 0.2) is 0 Å². The summed E-state index contributed by atoms with van der Waals surface area (Å²) >= 11 is 0. The molecule has 2 saturated heterocycles. The van der Waals surface area contributed by atoms with Crippen LogP contribution < -0.4 is 5.32 Å². The van der Waals surface area contributed by atoms with Gasteiger partial charge in [0.2, 0.25) is 6.41 Å². The standard InChI is InChI=1S/C36H70N4O3/c1-3-4-5-6-7-8-9-10-11-12-13-14-15-16-17-19-26-37-36(42)40-29-20-18-22-35(40)25-32-43-39(33-41)28-21-27-38-30-23-34(2)24-31-38/h33-35H,3-32H2,1-2H3,(H,37,42). The van der Waals surface area contributed by atoms with Crippen LogP contribution in [0.25, 0.3) is 0 Å². The smallest absolute Gasteiger partial charge is 0.317 e. The second-order valence-corrected chi connectivity index (χ2v) is 13.6. The first-order valence-electron chi connectivity index (χ1n) is 18.8. The van der Waals surface area contributed by atoms with Gasteiger partial charge in [-0.2, -0.15) is 0 Å². The minimum absolute atomic E-state index is 0.0775. The van der Waals surface area contributed by atoms with Gasteiger partial charge in [0.25, 0.3) is 0 Å². The summed E-state index contributed by atoms with van der Waals surface area (Å²) in [5.41, 5.74) is 0. The Labute approximate surface area is 266 Å². The molecule has 0 aliphatic carbocycles. The van der Waals surface area contributed by atoms with Crippen LogP contribution in [-0.2, 0) is 9.63 Å². The van der Waals surface area contributed by atoms with Crippen molar-refractivity contribution in [1.29, 1.82) is 0 Å². The van der Waals surface area contributed by atoms with Gasteiger partial charge < -0.3 is 15.1 Å². The molecule has 0 saturated carbocycles. The lowest BCUT2D eigenvalue weighted by Gasteiger charge is -2.36. The fraction of sp³-hybridized carbons (Fsp3) is 0.944. The maximum absolute atomic E-state index is 12.9. The lowest BCUT2D eigenvalue weighted by Crippen LogP contribution is -2.49. The minimum atomic E-state index is 0.0775. The number of piperidine rings is 2. The largest absolute Gasteiger partial charge is 0.338 e. The molecule has 7 heteroatoms. The Bertz CT molecular complexity index is 671. The van der Waals surface area contributed by atoms with E-state index in [0.717, 1.165) is 70.5 Å². The number of hydrogen-bond donors (Lipinski definition) is 1. The van der Waals surface area contributed by atoms with E-state index in [1.54, 1.807) is 0 Å². The van der Waals surface area contributed by atoms with Crippen molar-refractivity contribution < 1.29 is 14.4 Å². The van der Waals surface area contributed by atoms with E-state index < -0.39 is 0 Å². The lowest BCUT2D eigenvalue weighted by atomic mass is 9.99. The number of nitrogens with one attached hydrogen (secondary N) is 1. The van der Waals surface area contributed by atoms with E-state index in [4.69, 9.17) is 4.84 Å². The van der Waals surface area contributed by atoms with Gasteiger partial charge in [0.05, 0.1) is 6.61 Å². The molecule has 7 nitrogen and oxygen atoms in total. The van der Waals surface area contributed by atoms with Gasteiger partial charge in [-0.25, -0.2) is 9.86 Å². The van der Waals surface area contributed by atoms with Crippen molar-refractivity contribution in [2.75, 3.05) is 45.9 Å². The minimum Gasteiger partial charge on any atom is -0.338 e. The molecular formula is C36H70N4O3. The molecule has 252 valence electrons. The third-order valence-corrected chi connectivity index (χ3v) is 9.75.